The molecule has 4 nitrogen and oxygen atoms in total. The number of carbonyl (C=O) groups excluding carboxylic acids is 1. The second kappa shape index (κ2) is 6.05. The lowest BCUT2D eigenvalue weighted by atomic mass is 10.1. The highest BCUT2D eigenvalue weighted by Crippen LogP contribution is 2.25. The maximum absolute atomic E-state index is 12.3. The molecule has 0 aliphatic heterocycles. The number of rotatable bonds is 4. The van der Waals surface area contributed by atoms with Crippen LogP contribution >= 0.6 is 11.3 Å². The van der Waals surface area contributed by atoms with Gasteiger partial charge in [0.15, 0.2) is 0 Å². The average molecular weight is 290 g/mol. The van der Waals surface area contributed by atoms with Crippen molar-refractivity contribution in [3.05, 3.63) is 45.4 Å². The van der Waals surface area contributed by atoms with Crippen LogP contribution in [-0.4, -0.2) is 18.0 Å². The van der Waals surface area contributed by atoms with E-state index in [9.17, 15) is 4.79 Å². The van der Waals surface area contributed by atoms with Crippen LogP contribution in [0.15, 0.2) is 24.3 Å². The van der Waals surface area contributed by atoms with Crippen molar-refractivity contribution in [1.29, 1.82) is 0 Å². The lowest BCUT2D eigenvalue weighted by Gasteiger charge is -2.16. The minimum Gasteiger partial charge on any atom is -0.496 e. The monoisotopic (exact) mass is 290 g/mol. The van der Waals surface area contributed by atoms with E-state index >= 15 is 0 Å². The summed E-state index contributed by atoms with van der Waals surface area (Å²) in [6.07, 6.45) is 0. The minimum atomic E-state index is -0.125. The molecule has 0 saturated heterocycles. The van der Waals surface area contributed by atoms with Crippen LogP contribution in [-0.2, 0) is 0 Å². The third-order valence-corrected chi connectivity index (χ3v) is 4.13. The van der Waals surface area contributed by atoms with Crippen LogP contribution in [0.2, 0.25) is 0 Å². The second-order valence-electron chi connectivity index (χ2n) is 4.58. The van der Waals surface area contributed by atoms with E-state index in [1.54, 1.807) is 7.11 Å². The summed E-state index contributed by atoms with van der Waals surface area (Å²) < 4.78 is 5.32. The molecule has 0 aliphatic carbocycles. The van der Waals surface area contributed by atoms with Crippen molar-refractivity contribution < 1.29 is 9.53 Å². The Hall–Kier alpha value is -1.88. The number of aromatic nitrogens is 1. The molecule has 106 valence electrons. The van der Waals surface area contributed by atoms with E-state index in [2.05, 4.69) is 10.3 Å². The fourth-order valence-electron chi connectivity index (χ4n) is 2.11. The number of ether oxygens (including phenoxy) is 1. The van der Waals surface area contributed by atoms with Crippen LogP contribution in [0.25, 0.3) is 0 Å². The number of methoxy groups -OCH3 is 1. The Bertz CT molecular complexity index is 622. The number of benzene rings is 1. The van der Waals surface area contributed by atoms with E-state index < -0.39 is 0 Å². The standard InChI is InChI=1S/C15H18N2O2S/c1-9(12-7-5-6-8-13(12)19-4)17-15(18)14-10(2)16-11(3)20-14/h5-9H,1-4H3,(H,17,18)/t9-/m1/s1. The first kappa shape index (κ1) is 14.5. The fraction of sp³-hybridized carbons (Fsp3) is 0.333. The molecule has 5 heteroatoms. The van der Waals surface area contributed by atoms with Gasteiger partial charge in [-0.25, -0.2) is 4.98 Å². The lowest BCUT2D eigenvalue weighted by Crippen LogP contribution is -2.26. The number of aryl methyl sites for hydroxylation is 2. The highest BCUT2D eigenvalue weighted by atomic mass is 32.1. The summed E-state index contributed by atoms with van der Waals surface area (Å²) in [6, 6.07) is 7.56. The van der Waals surface area contributed by atoms with E-state index in [4.69, 9.17) is 4.74 Å². The van der Waals surface area contributed by atoms with Crippen molar-refractivity contribution in [3.8, 4) is 5.75 Å². The van der Waals surface area contributed by atoms with Crippen LogP contribution < -0.4 is 10.1 Å². The summed E-state index contributed by atoms with van der Waals surface area (Å²) in [5.41, 5.74) is 1.74. The van der Waals surface area contributed by atoms with Crippen LogP contribution in [0.5, 0.6) is 5.75 Å². The zero-order chi connectivity index (χ0) is 14.7. The van der Waals surface area contributed by atoms with Gasteiger partial charge in [-0.05, 0) is 26.8 Å². The molecule has 0 spiro atoms. The van der Waals surface area contributed by atoms with Crippen LogP contribution in [0.3, 0.4) is 0 Å². The predicted octanol–water partition coefficient (Wildman–Crippen LogP) is 3.26. The number of para-hydroxylation sites is 1. The van der Waals surface area contributed by atoms with Gasteiger partial charge in [0, 0.05) is 5.56 Å². The molecule has 0 unspecified atom stereocenters. The highest BCUT2D eigenvalue weighted by molar-refractivity contribution is 7.13. The number of hydrogen-bond acceptors (Lipinski definition) is 4. The Kier molecular flexibility index (Phi) is 4.39. The maximum Gasteiger partial charge on any atom is 0.263 e. The molecule has 1 atom stereocenters. The van der Waals surface area contributed by atoms with Gasteiger partial charge in [-0.15, -0.1) is 11.3 Å². The van der Waals surface area contributed by atoms with Crippen molar-refractivity contribution in [2.75, 3.05) is 7.11 Å². The van der Waals surface area contributed by atoms with E-state index in [1.165, 1.54) is 11.3 Å². The van der Waals surface area contributed by atoms with Gasteiger partial charge in [0.25, 0.3) is 5.91 Å². The summed E-state index contributed by atoms with van der Waals surface area (Å²) in [6.45, 7) is 5.70. The summed E-state index contributed by atoms with van der Waals surface area (Å²) >= 11 is 1.42. The Labute approximate surface area is 122 Å². The maximum atomic E-state index is 12.3. The molecular formula is C15H18N2O2S. The summed E-state index contributed by atoms with van der Waals surface area (Å²) in [5.74, 6) is 0.684. The molecule has 2 aromatic rings. The molecule has 0 fully saturated rings. The minimum absolute atomic E-state index is 0.0912. The van der Waals surface area contributed by atoms with Crippen LogP contribution in [0, 0.1) is 13.8 Å². The van der Waals surface area contributed by atoms with E-state index in [0.29, 0.717) is 4.88 Å². The zero-order valence-electron chi connectivity index (χ0n) is 12.1. The largest absolute Gasteiger partial charge is 0.496 e. The quantitative estimate of drug-likeness (QED) is 0.940. The highest BCUT2D eigenvalue weighted by Gasteiger charge is 2.18. The Morgan fingerprint density at radius 2 is 2.05 bits per heavy atom. The van der Waals surface area contributed by atoms with Gasteiger partial charge < -0.3 is 10.1 Å². The molecule has 2 rings (SSSR count). The molecule has 0 bridgehead atoms. The molecule has 1 N–H and O–H groups in total. The van der Waals surface area contributed by atoms with Crippen molar-refractivity contribution in [1.82, 2.24) is 10.3 Å². The van der Waals surface area contributed by atoms with Crippen molar-refractivity contribution >= 4 is 17.2 Å². The van der Waals surface area contributed by atoms with Gasteiger partial charge in [0.2, 0.25) is 0 Å². The summed E-state index contributed by atoms with van der Waals surface area (Å²) in [7, 11) is 1.63. The van der Waals surface area contributed by atoms with Gasteiger partial charge in [-0.1, -0.05) is 18.2 Å². The smallest absolute Gasteiger partial charge is 0.263 e. The van der Waals surface area contributed by atoms with Crippen molar-refractivity contribution in [3.63, 3.8) is 0 Å². The Morgan fingerprint density at radius 1 is 1.35 bits per heavy atom. The Morgan fingerprint density at radius 3 is 2.65 bits per heavy atom. The number of nitrogens with one attached hydrogen (secondary N) is 1. The normalized spacial score (nSPS) is 12.0. The topological polar surface area (TPSA) is 51.2 Å². The molecule has 1 aromatic carbocycles. The first-order valence-electron chi connectivity index (χ1n) is 6.40. The van der Waals surface area contributed by atoms with E-state index in [-0.39, 0.29) is 11.9 Å². The average Bonchev–Trinajstić information content (AvgIpc) is 2.77. The Balaban J connectivity index is 2.17. The van der Waals surface area contributed by atoms with Crippen LogP contribution in [0.1, 0.15) is 38.9 Å². The van der Waals surface area contributed by atoms with Crippen molar-refractivity contribution in [2.45, 2.75) is 26.8 Å². The molecule has 1 heterocycles. The van der Waals surface area contributed by atoms with E-state index in [1.807, 2.05) is 45.0 Å². The third-order valence-electron chi connectivity index (χ3n) is 3.06. The van der Waals surface area contributed by atoms with Gasteiger partial charge in [-0.2, -0.15) is 0 Å². The second-order valence-corrected chi connectivity index (χ2v) is 5.79. The first-order chi connectivity index (χ1) is 9.52. The predicted molar refractivity (Wildman–Crippen MR) is 80.5 cm³/mol. The lowest BCUT2D eigenvalue weighted by molar-refractivity contribution is 0.0943. The summed E-state index contributed by atoms with van der Waals surface area (Å²) in [4.78, 5) is 17.2. The van der Waals surface area contributed by atoms with Crippen LogP contribution in [0.4, 0.5) is 0 Å². The SMILES string of the molecule is COc1ccccc1[C@@H](C)NC(=O)c1sc(C)nc1C. The number of carbonyl (C=O) groups is 1. The number of thiazole rings is 1. The molecule has 1 aromatic heterocycles. The number of amides is 1. The van der Waals surface area contributed by atoms with Gasteiger partial charge in [0.05, 0.1) is 23.9 Å². The third kappa shape index (κ3) is 2.99. The molecule has 0 saturated carbocycles. The summed E-state index contributed by atoms with van der Waals surface area (Å²) in [5, 5.41) is 3.89. The molecule has 20 heavy (non-hydrogen) atoms. The van der Waals surface area contributed by atoms with Gasteiger partial charge >= 0.3 is 0 Å². The molecule has 0 aliphatic rings. The van der Waals surface area contributed by atoms with Crippen molar-refractivity contribution in [2.24, 2.45) is 0 Å². The van der Waals surface area contributed by atoms with Gasteiger partial charge in [-0.3, -0.25) is 4.79 Å². The van der Waals surface area contributed by atoms with Gasteiger partial charge in [0.1, 0.15) is 10.6 Å². The molecular weight excluding hydrogens is 272 g/mol. The number of nitrogens with zero attached hydrogens (tertiary/aromatic N) is 1. The first-order valence-corrected chi connectivity index (χ1v) is 7.22. The number of hydrogen-bond donors (Lipinski definition) is 1. The van der Waals surface area contributed by atoms with E-state index in [0.717, 1.165) is 22.0 Å². The molecule has 1 amide bonds. The zero-order valence-corrected chi connectivity index (χ0v) is 12.9. The molecule has 0 radical (unpaired) electrons. The fourth-order valence-corrected chi connectivity index (χ4v) is 2.93.